The molecule has 0 spiro atoms. The van der Waals surface area contributed by atoms with Gasteiger partial charge in [-0.1, -0.05) is 13.8 Å². The molecule has 0 bridgehead atoms. The Bertz CT molecular complexity index is 857. The summed E-state index contributed by atoms with van der Waals surface area (Å²) < 4.78 is 0. The van der Waals surface area contributed by atoms with Crippen molar-refractivity contribution in [1.82, 2.24) is 4.98 Å². The van der Waals surface area contributed by atoms with Gasteiger partial charge in [0, 0.05) is 60.0 Å². The first-order valence-electron chi connectivity index (χ1n) is 7.51. The summed E-state index contributed by atoms with van der Waals surface area (Å²) in [7, 11) is 1.86. The van der Waals surface area contributed by atoms with Crippen molar-refractivity contribution in [2.45, 2.75) is 19.3 Å². The molecule has 122 valence electrons. The second-order valence-electron chi connectivity index (χ2n) is 6.28. The van der Waals surface area contributed by atoms with Crippen LogP contribution in [0.1, 0.15) is 29.8 Å². The van der Waals surface area contributed by atoms with E-state index in [9.17, 15) is 14.9 Å². The summed E-state index contributed by atoms with van der Waals surface area (Å²) in [6.45, 7) is 3.92. The van der Waals surface area contributed by atoms with Gasteiger partial charge in [0.15, 0.2) is 5.78 Å². The average Bonchev–Trinajstić information content (AvgIpc) is 2.76. The molecule has 3 rings (SSSR count). The molecule has 0 saturated heterocycles. The molecule has 0 aliphatic carbocycles. The maximum Gasteiger partial charge on any atom is 0.269 e. The van der Waals surface area contributed by atoms with Gasteiger partial charge in [-0.3, -0.25) is 19.9 Å². The molecule has 24 heavy (non-hydrogen) atoms. The average molecular weight is 323 g/mol. The number of carbonyl (C=O) groups is 1. The number of carbonyl (C=O) groups excluding carboxylic acids is 1. The molecule has 0 unspecified atom stereocenters. The lowest BCUT2D eigenvalue weighted by Gasteiger charge is -2.23. The highest BCUT2D eigenvalue weighted by Crippen LogP contribution is 2.48. The van der Waals surface area contributed by atoms with Crippen LogP contribution in [0, 0.1) is 10.1 Å². The summed E-state index contributed by atoms with van der Waals surface area (Å²) in [5, 5.41) is 11.1. The fourth-order valence-electron chi connectivity index (χ4n) is 3.11. The van der Waals surface area contributed by atoms with Crippen molar-refractivity contribution in [2.75, 3.05) is 11.9 Å². The van der Waals surface area contributed by atoms with Crippen molar-refractivity contribution in [3.8, 4) is 0 Å². The SMILES string of the molecule is CN1/C(=C\C(=O)c2cccnc2)C(C)(C)c2cc([N+](=O)[O-])ccc21. The number of hydrogen-bond donors (Lipinski definition) is 0. The number of rotatable bonds is 3. The van der Waals surface area contributed by atoms with Crippen molar-refractivity contribution in [3.05, 3.63) is 75.7 Å². The van der Waals surface area contributed by atoms with E-state index in [-0.39, 0.29) is 11.5 Å². The monoisotopic (exact) mass is 323 g/mol. The van der Waals surface area contributed by atoms with Crippen LogP contribution in [0.4, 0.5) is 11.4 Å². The third-order valence-corrected chi connectivity index (χ3v) is 4.44. The third-order valence-electron chi connectivity index (χ3n) is 4.44. The number of anilines is 1. The molecule has 0 amide bonds. The van der Waals surface area contributed by atoms with Crippen LogP contribution in [-0.2, 0) is 5.41 Å². The smallest absolute Gasteiger partial charge is 0.269 e. The number of aromatic nitrogens is 1. The minimum atomic E-state index is -0.506. The first kappa shape index (κ1) is 15.9. The van der Waals surface area contributed by atoms with Gasteiger partial charge in [-0.25, -0.2) is 0 Å². The second kappa shape index (κ2) is 5.56. The number of likely N-dealkylation sites (N-methyl/N-ethyl adjacent to an activating group) is 1. The van der Waals surface area contributed by atoms with Crippen molar-refractivity contribution < 1.29 is 9.72 Å². The normalized spacial score (nSPS) is 17.0. The molecular formula is C18H17N3O3. The van der Waals surface area contributed by atoms with Crippen molar-refractivity contribution in [3.63, 3.8) is 0 Å². The summed E-state index contributed by atoms with van der Waals surface area (Å²) in [5.74, 6) is -0.139. The highest BCUT2D eigenvalue weighted by Gasteiger charge is 2.40. The van der Waals surface area contributed by atoms with Crippen LogP contribution in [0.2, 0.25) is 0 Å². The quantitative estimate of drug-likeness (QED) is 0.374. The van der Waals surface area contributed by atoms with E-state index >= 15 is 0 Å². The lowest BCUT2D eigenvalue weighted by atomic mass is 9.83. The largest absolute Gasteiger partial charge is 0.347 e. The number of nitro benzene ring substituents is 1. The van der Waals surface area contributed by atoms with Crippen molar-refractivity contribution >= 4 is 17.2 Å². The fraction of sp³-hybridized carbons (Fsp3) is 0.222. The van der Waals surface area contributed by atoms with Crippen LogP contribution in [0.5, 0.6) is 0 Å². The van der Waals surface area contributed by atoms with E-state index in [0.29, 0.717) is 5.56 Å². The van der Waals surface area contributed by atoms with E-state index in [1.54, 1.807) is 36.5 Å². The Balaban J connectivity index is 2.06. The number of ketones is 1. The maximum absolute atomic E-state index is 12.5. The molecule has 0 N–H and O–H groups in total. The number of nitro groups is 1. The van der Waals surface area contributed by atoms with Gasteiger partial charge in [-0.15, -0.1) is 0 Å². The summed E-state index contributed by atoms with van der Waals surface area (Å²) in [6, 6.07) is 8.23. The first-order valence-corrected chi connectivity index (χ1v) is 7.51. The van der Waals surface area contributed by atoms with E-state index in [2.05, 4.69) is 4.98 Å². The van der Waals surface area contributed by atoms with E-state index in [1.165, 1.54) is 12.3 Å². The minimum Gasteiger partial charge on any atom is -0.347 e. The zero-order chi connectivity index (χ0) is 17.5. The van der Waals surface area contributed by atoms with Crippen LogP contribution < -0.4 is 4.90 Å². The van der Waals surface area contributed by atoms with E-state index in [4.69, 9.17) is 0 Å². The van der Waals surface area contributed by atoms with Gasteiger partial charge < -0.3 is 4.90 Å². The van der Waals surface area contributed by atoms with Gasteiger partial charge >= 0.3 is 0 Å². The van der Waals surface area contributed by atoms with E-state index < -0.39 is 10.3 Å². The summed E-state index contributed by atoms with van der Waals surface area (Å²) in [5.41, 5.74) is 2.56. The minimum absolute atomic E-state index is 0.0510. The highest BCUT2D eigenvalue weighted by atomic mass is 16.6. The number of non-ortho nitro benzene ring substituents is 1. The molecule has 0 fully saturated rings. The molecule has 0 radical (unpaired) electrons. The molecule has 0 atom stereocenters. The number of allylic oxidation sites excluding steroid dienone is 2. The summed E-state index contributed by atoms with van der Waals surface area (Å²) >= 11 is 0. The van der Waals surface area contributed by atoms with Crippen LogP contribution >= 0.6 is 0 Å². The Kier molecular flexibility index (Phi) is 3.67. The second-order valence-corrected chi connectivity index (χ2v) is 6.28. The number of pyridine rings is 1. The standard InChI is InChI=1S/C18H17N3O3/c1-18(2)14-9-13(21(23)24)6-7-15(14)20(3)17(18)10-16(22)12-5-4-8-19-11-12/h4-11H,1-3H3/b17-10-. The Morgan fingerprint density at radius 1 is 1.33 bits per heavy atom. The van der Waals surface area contributed by atoms with Crippen LogP contribution in [-0.4, -0.2) is 22.7 Å². The highest BCUT2D eigenvalue weighted by molar-refractivity contribution is 6.05. The van der Waals surface area contributed by atoms with Crippen molar-refractivity contribution in [2.24, 2.45) is 0 Å². The van der Waals surface area contributed by atoms with Crippen LogP contribution in [0.3, 0.4) is 0 Å². The molecular weight excluding hydrogens is 306 g/mol. The van der Waals surface area contributed by atoms with E-state index in [1.807, 2.05) is 25.8 Å². The van der Waals surface area contributed by atoms with Crippen LogP contribution in [0.15, 0.2) is 54.5 Å². The predicted octanol–water partition coefficient (Wildman–Crippen LogP) is 3.48. The number of fused-ring (bicyclic) bond motifs is 1. The molecule has 1 aliphatic rings. The zero-order valence-corrected chi connectivity index (χ0v) is 13.7. The number of hydrogen-bond acceptors (Lipinski definition) is 5. The summed E-state index contributed by atoms with van der Waals surface area (Å²) in [6.07, 6.45) is 4.73. The molecule has 0 saturated carbocycles. The molecule has 1 aromatic carbocycles. The first-order chi connectivity index (χ1) is 11.3. The fourth-order valence-corrected chi connectivity index (χ4v) is 3.11. The third kappa shape index (κ3) is 2.46. The zero-order valence-electron chi connectivity index (χ0n) is 13.7. The molecule has 2 heterocycles. The maximum atomic E-state index is 12.5. The molecule has 2 aromatic rings. The number of benzene rings is 1. The van der Waals surface area contributed by atoms with Gasteiger partial charge in [0.1, 0.15) is 0 Å². The Morgan fingerprint density at radius 3 is 2.71 bits per heavy atom. The van der Waals surface area contributed by atoms with Crippen LogP contribution in [0.25, 0.3) is 0 Å². The lowest BCUT2D eigenvalue weighted by Crippen LogP contribution is -2.24. The lowest BCUT2D eigenvalue weighted by molar-refractivity contribution is -0.384. The van der Waals surface area contributed by atoms with Gasteiger partial charge in [-0.05, 0) is 23.8 Å². The van der Waals surface area contributed by atoms with Gasteiger partial charge in [0.05, 0.1) is 4.92 Å². The summed E-state index contributed by atoms with van der Waals surface area (Å²) in [4.78, 5) is 29.0. The van der Waals surface area contributed by atoms with E-state index in [0.717, 1.165) is 16.9 Å². The molecule has 1 aliphatic heterocycles. The Labute approximate surface area is 139 Å². The Hall–Kier alpha value is -3.02. The van der Waals surface area contributed by atoms with Crippen molar-refractivity contribution in [1.29, 1.82) is 0 Å². The van der Waals surface area contributed by atoms with Gasteiger partial charge in [0.2, 0.25) is 0 Å². The van der Waals surface area contributed by atoms with Gasteiger partial charge in [-0.2, -0.15) is 0 Å². The molecule has 6 heteroatoms. The molecule has 6 nitrogen and oxygen atoms in total. The molecule has 1 aromatic heterocycles. The topological polar surface area (TPSA) is 76.3 Å². The number of nitrogens with zero attached hydrogens (tertiary/aromatic N) is 3. The predicted molar refractivity (Wildman–Crippen MR) is 91.2 cm³/mol. The van der Waals surface area contributed by atoms with Gasteiger partial charge in [0.25, 0.3) is 5.69 Å². The Morgan fingerprint density at radius 2 is 2.08 bits per heavy atom.